The van der Waals surface area contributed by atoms with Crippen LogP contribution in [-0.2, 0) is 9.53 Å². The molecule has 1 aliphatic heterocycles. The Balaban J connectivity index is 1.81. The van der Waals surface area contributed by atoms with Crippen LogP contribution in [0.25, 0.3) is 0 Å². The van der Waals surface area contributed by atoms with Gasteiger partial charge in [0.25, 0.3) is 0 Å². The average Bonchev–Trinajstić information content (AvgIpc) is 3.49. The zero-order valence-electron chi connectivity index (χ0n) is 18.9. The largest absolute Gasteiger partial charge is 0.460 e. The monoisotopic (exact) mass is 482 g/mol. The van der Waals surface area contributed by atoms with Crippen molar-refractivity contribution in [1.82, 2.24) is 0 Å². The summed E-state index contributed by atoms with van der Waals surface area (Å²) in [6.45, 7) is 8.20. The summed E-state index contributed by atoms with van der Waals surface area (Å²) in [5, 5.41) is 9.27. The number of anilines is 3. The molecule has 4 rings (SSSR count). The Morgan fingerprint density at radius 2 is 1.70 bits per heavy atom. The fraction of sp³-hybridized carbons (Fsp3) is 0.280. The van der Waals surface area contributed by atoms with Gasteiger partial charge in [-0.25, -0.2) is 9.80 Å². The van der Waals surface area contributed by atoms with Gasteiger partial charge in [-0.05, 0) is 80.7 Å². The van der Waals surface area contributed by atoms with E-state index in [-0.39, 0.29) is 18.6 Å². The number of ether oxygens (including phenoxy) is 1. The molecule has 1 aliphatic rings. The lowest BCUT2D eigenvalue weighted by Gasteiger charge is -2.31. The molecule has 1 aromatic heterocycles. The van der Waals surface area contributed by atoms with Crippen LogP contribution in [0.2, 0.25) is 5.02 Å². The number of amidine groups is 1. The quantitative estimate of drug-likeness (QED) is 0.360. The van der Waals surface area contributed by atoms with Gasteiger partial charge < -0.3 is 9.64 Å². The third kappa shape index (κ3) is 4.70. The second-order valence-corrected chi connectivity index (χ2v) is 8.83. The molecule has 172 valence electrons. The first-order chi connectivity index (χ1) is 16.1. The standard InChI is InChI=1S/C25H27ClN4O2S/c1-4-28(5-2)19-13-15-20(16-14-19)29-23(25(31)32-6-3)27-30(21-11-9-18(26)10-12-21)24(29)22-8-7-17-33-22/h7-17,24H,4-6H2,1-3H3/t24-/m1/s1. The van der Waals surface area contributed by atoms with E-state index in [0.29, 0.717) is 5.02 Å². The molecule has 8 heteroatoms. The number of nitrogens with zero attached hydrogens (tertiary/aromatic N) is 4. The van der Waals surface area contributed by atoms with E-state index in [1.54, 1.807) is 18.3 Å². The maximum atomic E-state index is 13.0. The topological polar surface area (TPSA) is 48.4 Å². The average molecular weight is 483 g/mol. The van der Waals surface area contributed by atoms with Crippen molar-refractivity contribution in [3.8, 4) is 0 Å². The SMILES string of the molecule is CCOC(=O)C1=NN(c2ccc(Cl)cc2)[C@H](c2cccs2)N1c1ccc(N(CC)CC)cc1. The van der Waals surface area contributed by atoms with E-state index >= 15 is 0 Å². The lowest BCUT2D eigenvalue weighted by atomic mass is 10.2. The number of hydrogen-bond acceptors (Lipinski definition) is 7. The van der Waals surface area contributed by atoms with Crippen molar-refractivity contribution in [2.45, 2.75) is 26.9 Å². The van der Waals surface area contributed by atoms with E-state index in [2.05, 4.69) is 36.9 Å². The number of carbonyl (C=O) groups excluding carboxylic acids is 1. The van der Waals surface area contributed by atoms with Crippen LogP contribution in [-0.4, -0.2) is 31.5 Å². The maximum absolute atomic E-state index is 13.0. The molecule has 0 aliphatic carbocycles. The number of esters is 1. The highest BCUT2D eigenvalue weighted by Crippen LogP contribution is 2.41. The third-order valence-electron chi connectivity index (χ3n) is 5.51. The summed E-state index contributed by atoms with van der Waals surface area (Å²) in [5.41, 5.74) is 2.84. The second-order valence-electron chi connectivity index (χ2n) is 7.41. The highest BCUT2D eigenvalue weighted by Gasteiger charge is 2.41. The Morgan fingerprint density at radius 3 is 2.27 bits per heavy atom. The van der Waals surface area contributed by atoms with Crippen LogP contribution in [0.4, 0.5) is 17.1 Å². The van der Waals surface area contributed by atoms with Crippen molar-refractivity contribution in [1.29, 1.82) is 0 Å². The van der Waals surface area contributed by atoms with Gasteiger partial charge in [0, 0.05) is 34.4 Å². The van der Waals surface area contributed by atoms with Crippen molar-refractivity contribution in [3.63, 3.8) is 0 Å². The second kappa shape index (κ2) is 10.3. The van der Waals surface area contributed by atoms with Gasteiger partial charge >= 0.3 is 5.97 Å². The number of carbonyl (C=O) groups is 1. The highest BCUT2D eigenvalue weighted by atomic mass is 35.5. The van der Waals surface area contributed by atoms with Gasteiger partial charge in [0.15, 0.2) is 6.17 Å². The van der Waals surface area contributed by atoms with E-state index in [0.717, 1.165) is 35.0 Å². The number of benzene rings is 2. The van der Waals surface area contributed by atoms with Crippen LogP contribution in [0.3, 0.4) is 0 Å². The van der Waals surface area contributed by atoms with Crippen molar-refractivity contribution >= 4 is 51.8 Å². The molecular formula is C25H27ClN4O2S. The molecule has 0 saturated carbocycles. The van der Waals surface area contributed by atoms with Gasteiger partial charge in [-0.1, -0.05) is 17.7 Å². The Bertz CT molecular complexity index is 1100. The molecule has 6 nitrogen and oxygen atoms in total. The van der Waals surface area contributed by atoms with Crippen LogP contribution in [0, 0.1) is 0 Å². The molecule has 0 radical (unpaired) electrons. The van der Waals surface area contributed by atoms with Crippen molar-refractivity contribution < 1.29 is 9.53 Å². The Labute approximate surface area is 203 Å². The predicted octanol–water partition coefficient (Wildman–Crippen LogP) is 6.15. The minimum absolute atomic E-state index is 0.251. The summed E-state index contributed by atoms with van der Waals surface area (Å²) in [4.78, 5) is 18.3. The van der Waals surface area contributed by atoms with Gasteiger partial charge in [-0.15, -0.1) is 16.4 Å². The summed E-state index contributed by atoms with van der Waals surface area (Å²) in [7, 11) is 0. The van der Waals surface area contributed by atoms with Crippen LogP contribution >= 0.6 is 22.9 Å². The normalized spacial score (nSPS) is 15.5. The zero-order valence-corrected chi connectivity index (χ0v) is 20.5. The van der Waals surface area contributed by atoms with E-state index in [4.69, 9.17) is 21.4 Å². The summed E-state index contributed by atoms with van der Waals surface area (Å²) in [6.07, 6.45) is -0.329. The zero-order chi connectivity index (χ0) is 23.4. The Morgan fingerprint density at radius 1 is 1.03 bits per heavy atom. The first kappa shape index (κ1) is 23.1. The van der Waals surface area contributed by atoms with Crippen molar-refractivity contribution in [2.75, 3.05) is 34.5 Å². The number of rotatable bonds is 8. The van der Waals surface area contributed by atoms with Crippen LogP contribution in [0.1, 0.15) is 31.8 Å². The minimum Gasteiger partial charge on any atom is -0.460 e. The summed E-state index contributed by atoms with van der Waals surface area (Å²) >= 11 is 7.74. The number of halogens is 1. The molecule has 2 aromatic carbocycles. The number of hydrogen-bond donors (Lipinski definition) is 0. The van der Waals surface area contributed by atoms with Gasteiger partial charge in [0.05, 0.1) is 12.3 Å². The number of thiophene rings is 1. The first-order valence-corrected chi connectivity index (χ1v) is 12.3. The lowest BCUT2D eigenvalue weighted by Crippen LogP contribution is -2.38. The Hall–Kier alpha value is -3.03. The lowest BCUT2D eigenvalue weighted by molar-refractivity contribution is -0.135. The van der Waals surface area contributed by atoms with Gasteiger partial charge in [0.2, 0.25) is 5.84 Å². The van der Waals surface area contributed by atoms with Gasteiger partial charge in [-0.2, -0.15) is 0 Å². The molecule has 33 heavy (non-hydrogen) atoms. The molecule has 0 bridgehead atoms. The summed E-state index contributed by atoms with van der Waals surface area (Å²) in [6, 6.07) is 19.8. The van der Waals surface area contributed by atoms with Crippen LogP contribution in [0.5, 0.6) is 0 Å². The maximum Gasteiger partial charge on any atom is 0.376 e. The van der Waals surface area contributed by atoms with E-state index < -0.39 is 5.97 Å². The Kier molecular flexibility index (Phi) is 7.20. The molecule has 0 spiro atoms. The molecule has 0 fully saturated rings. The van der Waals surface area contributed by atoms with Crippen LogP contribution < -0.4 is 14.8 Å². The van der Waals surface area contributed by atoms with E-state index in [1.165, 1.54) is 0 Å². The molecule has 1 atom stereocenters. The first-order valence-electron chi connectivity index (χ1n) is 11.1. The third-order valence-corrected chi connectivity index (χ3v) is 6.67. The number of hydrazone groups is 1. The predicted molar refractivity (Wildman–Crippen MR) is 138 cm³/mol. The molecular weight excluding hydrogens is 456 g/mol. The fourth-order valence-corrected chi connectivity index (χ4v) is 4.84. The summed E-state index contributed by atoms with van der Waals surface area (Å²) in [5.74, 6) is -0.205. The van der Waals surface area contributed by atoms with Crippen molar-refractivity contribution in [3.05, 3.63) is 75.9 Å². The summed E-state index contributed by atoms with van der Waals surface area (Å²) < 4.78 is 5.38. The molecule has 2 heterocycles. The molecule has 0 saturated heterocycles. The van der Waals surface area contributed by atoms with Gasteiger partial charge in [0.1, 0.15) is 0 Å². The molecule has 0 amide bonds. The van der Waals surface area contributed by atoms with Crippen molar-refractivity contribution in [2.24, 2.45) is 5.10 Å². The fourth-order valence-electron chi connectivity index (χ4n) is 3.92. The minimum atomic E-state index is -0.455. The molecule has 0 unspecified atom stereocenters. The molecule has 3 aromatic rings. The highest BCUT2D eigenvalue weighted by molar-refractivity contribution is 7.10. The van der Waals surface area contributed by atoms with E-state index in [9.17, 15) is 4.79 Å². The van der Waals surface area contributed by atoms with Crippen LogP contribution in [0.15, 0.2) is 71.1 Å². The molecule has 0 N–H and O–H groups in total. The van der Waals surface area contributed by atoms with E-state index in [1.807, 2.05) is 57.8 Å². The van der Waals surface area contributed by atoms with Gasteiger partial charge in [-0.3, -0.25) is 4.90 Å². The smallest absolute Gasteiger partial charge is 0.376 e.